The van der Waals surface area contributed by atoms with Gasteiger partial charge in [-0.25, -0.2) is 4.98 Å². The zero-order chi connectivity index (χ0) is 12.1. The molecule has 0 spiro atoms. The Morgan fingerprint density at radius 1 is 1.18 bits per heavy atom. The van der Waals surface area contributed by atoms with Gasteiger partial charge >= 0.3 is 0 Å². The summed E-state index contributed by atoms with van der Waals surface area (Å²) >= 11 is 5.19. The molecule has 2 aromatic rings. The summed E-state index contributed by atoms with van der Waals surface area (Å²) in [7, 11) is 0. The van der Waals surface area contributed by atoms with Gasteiger partial charge in [0.2, 0.25) is 0 Å². The third kappa shape index (κ3) is 3.71. The topological polar surface area (TPSA) is 37.0 Å². The average molecular weight is 312 g/mol. The molecule has 0 saturated heterocycles. The fraction of sp³-hybridized carbons (Fsp3) is 0.250. The molecule has 5 heteroatoms. The van der Waals surface area contributed by atoms with Gasteiger partial charge in [0.1, 0.15) is 11.6 Å². The van der Waals surface area contributed by atoms with E-state index in [1.807, 2.05) is 18.2 Å². The van der Waals surface area contributed by atoms with Crippen LogP contribution < -0.4 is 10.6 Å². The van der Waals surface area contributed by atoms with Crippen LogP contribution in [0.15, 0.2) is 34.1 Å². The SMILES string of the molecule is CCNc1cccc(NCc2ccc(Br)s2)n1. The van der Waals surface area contributed by atoms with Gasteiger partial charge in [0.25, 0.3) is 0 Å². The van der Waals surface area contributed by atoms with E-state index in [1.165, 1.54) is 4.88 Å². The highest BCUT2D eigenvalue weighted by Crippen LogP contribution is 2.22. The zero-order valence-corrected chi connectivity index (χ0v) is 11.9. The molecule has 0 aromatic carbocycles. The highest BCUT2D eigenvalue weighted by Gasteiger charge is 1.99. The molecule has 0 amide bonds. The predicted molar refractivity (Wildman–Crippen MR) is 77.7 cm³/mol. The lowest BCUT2D eigenvalue weighted by Crippen LogP contribution is -2.03. The quantitative estimate of drug-likeness (QED) is 0.878. The van der Waals surface area contributed by atoms with Gasteiger partial charge in [0, 0.05) is 11.4 Å². The second-order valence-corrected chi connectivity index (χ2v) is 6.05. The van der Waals surface area contributed by atoms with Crippen LogP contribution in [0.4, 0.5) is 11.6 Å². The number of thiophene rings is 1. The largest absolute Gasteiger partial charge is 0.370 e. The molecule has 0 radical (unpaired) electrons. The van der Waals surface area contributed by atoms with Gasteiger partial charge in [-0.1, -0.05) is 6.07 Å². The van der Waals surface area contributed by atoms with E-state index in [0.717, 1.165) is 28.5 Å². The fourth-order valence-corrected chi connectivity index (χ4v) is 2.86. The molecule has 0 atom stereocenters. The van der Waals surface area contributed by atoms with Crippen LogP contribution in [0.5, 0.6) is 0 Å². The summed E-state index contributed by atoms with van der Waals surface area (Å²) in [5.74, 6) is 1.80. The van der Waals surface area contributed by atoms with Gasteiger partial charge in [0.15, 0.2) is 0 Å². The Morgan fingerprint density at radius 3 is 2.59 bits per heavy atom. The number of hydrogen-bond acceptors (Lipinski definition) is 4. The van der Waals surface area contributed by atoms with E-state index in [9.17, 15) is 0 Å². The van der Waals surface area contributed by atoms with Crippen LogP contribution in [-0.2, 0) is 6.54 Å². The Morgan fingerprint density at radius 2 is 1.94 bits per heavy atom. The second-order valence-electron chi connectivity index (χ2n) is 3.50. The number of rotatable bonds is 5. The van der Waals surface area contributed by atoms with Gasteiger partial charge < -0.3 is 10.6 Å². The smallest absolute Gasteiger partial charge is 0.128 e. The molecule has 0 aliphatic carbocycles. The van der Waals surface area contributed by atoms with Crippen molar-refractivity contribution in [1.29, 1.82) is 0 Å². The number of nitrogens with zero attached hydrogens (tertiary/aromatic N) is 1. The van der Waals surface area contributed by atoms with Crippen LogP contribution in [0.1, 0.15) is 11.8 Å². The molecular formula is C12H14BrN3S. The number of halogens is 1. The van der Waals surface area contributed by atoms with E-state index in [1.54, 1.807) is 11.3 Å². The highest BCUT2D eigenvalue weighted by molar-refractivity contribution is 9.11. The molecular weight excluding hydrogens is 298 g/mol. The number of aromatic nitrogens is 1. The summed E-state index contributed by atoms with van der Waals surface area (Å²) in [6.07, 6.45) is 0. The van der Waals surface area contributed by atoms with Gasteiger partial charge in [-0.2, -0.15) is 0 Å². The summed E-state index contributed by atoms with van der Waals surface area (Å²) in [6, 6.07) is 10.1. The minimum absolute atomic E-state index is 0.804. The highest BCUT2D eigenvalue weighted by atomic mass is 79.9. The van der Waals surface area contributed by atoms with Gasteiger partial charge in [-0.05, 0) is 47.1 Å². The Kier molecular flexibility index (Phi) is 4.39. The Bertz CT molecular complexity index is 484. The first kappa shape index (κ1) is 12.4. The maximum atomic E-state index is 4.46. The maximum absolute atomic E-state index is 4.46. The van der Waals surface area contributed by atoms with E-state index < -0.39 is 0 Å². The molecule has 0 aliphatic rings. The molecule has 0 fully saturated rings. The second kappa shape index (κ2) is 6.02. The van der Waals surface area contributed by atoms with Crippen LogP contribution in [0.25, 0.3) is 0 Å². The van der Waals surface area contributed by atoms with E-state index in [-0.39, 0.29) is 0 Å². The molecule has 2 heterocycles. The van der Waals surface area contributed by atoms with E-state index in [0.29, 0.717) is 0 Å². The molecule has 0 bridgehead atoms. The fourth-order valence-electron chi connectivity index (χ4n) is 1.44. The Hall–Kier alpha value is -1.07. The molecule has 2 rings (SSSR count). The first-order valence-corrected chi connectivity index (χ1v) is 7.08. The van der Waals surface area contributed by atoms with Gasteiger partial charge in [-0.15, -0.1) is 11.3 Å². The summed E-state index contributed by atoms with van der Waals surface area (Å²) in [5.41, 5.74) is 0. The standard InChI is InChI=1S/C12H14BrN3S/c1-2-14-11-4-3-5-12(16-11)15-8-9-6-7-10(13)17-9/h3-7H,2,8H2,1H3,(H2,14,15,16). The van der Waals surface area contributed by atoms with E-state index >= 15 is 0 Å². The molecule has 0 unspecified atom stereocenters. The molecule has 17 heavy (non-hydrogen) atoms. The van der Waals surface area contributed by atoms with E-state index in [4.69, 9.17) is 0 Å². The monoisotopic (exact) mass is 311 g/mol. The lowest BCUT2D eigenvalue weighted by Gasteiger charge is -2.06. The minimum Gasteiger partial charge on any atom is -0.370 e. The number of anilines is 2. The van der Waals surface area contributed by atoms with Crippen molar-refractivity contribution in [3.05, 3.63) is 39.0 Å². The Labute approximate surface area is 113 Å². The van der Waals surface area contributed by atoms with Crippen molar-refractivity contribution in [3.8, 4) is 0 Å². The lowest BCUT2D eigenvalue weighted by molar-refractivity contribution is 1.11. The normalized spacial score (nSPS) is 10.2. The Balaban J connectivity index is 1.96. The summed E-state index contributed by atoms with van der Waals surface area (Å²) < 4.78 is 1.16. The van der Waals surface area contributed by atoms with Gasteiger partial charge in [-0.3, -0.25) is 0 Å². The van der Waals surface area contributed by atoms with Crippen molar-refractivity contribution in [1.82, 2.24) is 4.98 Å². The maximum Gasteiger partial charge on any atom is 0.128 e. The van der Waals surface area contributed by atoms with E-state index in [2.05, 4.69) is 50.6 Å². The van der Waals surface area contributed by atoms with Crippen LogP contribution in [0.3, 0.4) is 0 Å². The minimum atomic E-state index is 0.804. The van der Waals surface area contributed by atoms with Crippen LogP contribution in [0.2, 0.25) is 0 Å². The average Bonchev–Trinajstić information content (AvgIpc) is 2.74. The van der Waals surface area contributed by atoms with Crippen LogP contribution in [0, 0.1) is 0 Å². The van der Waals surface area contributed by atoms with Crippen LogP contribution in [-0.4, -0.2) is 11.5 Å². The first-order chi connectivity index (χ1) is 8.28. The molecule has 0 aliphatic heterocycles. The summed E-state index contributed by atoms with van der Waals surface area (Å²) in [4.78, 5) is 5.74. The summed E-state index contributed by atoms with van der Waals surface area (Å²) in [5, 5.41) is 6.51. The predicted octanol–water partition coefficient (Wildman–Crippen LogP) is 3.95. The molecule has 3 nitrogen and oxygen atoms in total. The third-order valence-corrected chi connectivity index (χ3v) is 3.80. The van der Waals surface area contributed by atoms with Crippen molar-refractivity contribution in [3.63, 3.8) is 0 Å². The van der Waals surface area contributed by atoms with Crippen molar-refractivity contribution in [2.45, 2.75) is 13.5 Å². The summed E-state index contributed by atoms with van der Waals surface area (Å²) in [6.45, 7) is 3.75. The molecule has 2 aromatic heterocycles. The van der Waals surface area contributed by atoms with Crippen molar-refractivity contribution >= 4 is 38.9 Å². The van der Waals surface area contributed by atoms with Gasteiger partial charge in [0.05, 0.1) is 10.3 Å². The number of hydrogen-bond donors (Lipinski definition) is 2. The molecule has 2 N–H and O–H groups in total. The van der Waals surface area contributed by atoms with Crippen molar-refractivity contribution in [2.24, 2.45) is 0 Å². The first-order valence-electron chi connectivity index (χ1n) is 5.47. The molecule has 0 saturated carbocycles. The van der Waals surface area contributed by atoms with Crippen LogP contribution >= 0.6 is 27.3 Å². The van der Waals surface area contributed by atoms with Crippen molar-refractivity contribution in [2.75, 3.05) is 17.2 Å². The lowest BCUT2D eigenvalue weighted by atomic mass is 10.4. The van der Waals surface area contributed by atoms with Crippen molar-refractivity contribution < 1.29 is 0 Å². The molecule has 90 valence electrons. The zero-order valence-electron chi connectivity index (χ0n) is 9.53. The number of pyridine rings is 1. The number of nitrogens with one attached hydrogen (secondary N) is 2. The third-order valence-electron chi connectivity index (χ3n) is 2.18.